The summed E-state index contributed by atoms with van der Waals surface area (Å²) in [5, 5.41) is 5.56. The third-order valence-corrected chi connectivity index (χ3v) is 11.2. The van der Waals surface area contributed by atoms with Gasteiger partial charge in [0.15, 0.2) is 0 Å². The minimum absolute atomic E-state index is 0.0160. The van der Waals surface area contributed by atoms with Gasteiger partial charge in [-0.15, -0.1) is 0 Å². The molecule has 2 aromatic rings. The van der Waals surface area contributed by atoms with Gasteiger partial charge in [-0.2, -0.15) is 0 Å². The number of carbonyl (C=O) groups is 7. The van der Waals surface area contributed by atoms with Crippen molar-refractivity contribution in [1.29, 1.82) is 0 Å². The first kappa shape index (κ1) is 40.4. The van der Waals surface area contributed by atoms with Gasteiger partial charge in [-0.1, -0.05) is 43.9 Å². The van der Waals surface area contributed by atoms with Crippen LogP contribution in [0.3, 0.4) is 0 Å². The summed E-state index contributed by atoms with van der Waals surface area (Å²) in [6.45, 7) is 2.80. The number of fused-ring (bicyclic) bond motifs is 2. The lowest BCUT2D eigenvalue weighted by Crippen LogP contribution is -2.50. The average molecular weight is 745 g/mol. The Morgan fingerprint density at radius 1 is 0.926 bits per heavy atom. The molecule has 1 aliphatic heterocycles. The molecule has 2 atom stereocenters. The molecule has 2 aliphatic carbocycles. The van der Waals surface area contributed by atoms with Gasteiger partial charge in [0.1, 0.15) is 23.9 Å². The zero-order valence-corrected chi connectivity index (χ0v) is 31.6. The number of benzene rings is 2. The number of unbranched alkanes of at least 4 members (excludes halogenated alkanes) is 4. The fourth-order valence-electron chi connectivity index (χ4n) is 7.82. The topological polar surface area (TPSA) is 150 Å². The molecule has 1 saturated heterocycles. The number of nitrogens with zero attached hydrogens (tertiary/aromatic N) is 2. The summed E-state index contributed by atoms with van der Waals surface area (Å²) in [5.41, 5.74) is 1.77. The molecule has 1 saturated carbocycles. The standard InChI is InChI=1S/C42H53FN4O7/c1-28(25-44-38(51)20-18-35(49)11-6-4-3-5-7-12-37(50)31-9-8-10-31)46(26-30-13-15-33(43)16-14-30)40(53)27-47-39(52)24-42(41(47)54)22-21-32-23-34(45-29(2)48)17-19-36(32)42/h13-17,19,23,28,31H,3-12,18,20-22,24-27H2,1-2H3,(H,44,51)(H,45,48)/t28-,42+/m0/s1. The number of ketones is 2. The summed E-state index contributed by atoms with van der Waals surface area (Å²) in [6, 6.07) is 10.4. The highest BCUT2D eigenvalue weighted by molar-refractivity contribution is 6.11. The Hall–Kier alpha value is -4.74. The van der Waals surface area contributed by atoms with E-state index in [2.05, 4.69) is 10.6 Å². The zero-order chi connectivity index (χ0) is 38.8. The SMILES string of the molecule is CC(=O)Nc1ccc2c(c1)CC[C@@]21CC(=O)N(CC(=O)N(Cc2ccc(F)cc2)[C@@H](C)CNC(=O)CCC(=O)CCCCCCCC(=O)C2CCC2)C1=O. The predicted octanol–water partition coefficient (Wildman–Crippen LogP) is 5.71. The van der Waals surface area contributed by atoms with Crippen LogP contribution in [0.15, 0.2) is 42.5 Å². The van der Waals surface area contributed by atoms with Crippen LogP contribution in [0, 0.1) is 11.7 Å². The van der Waals surface area contributed by atoms with E-state index in [1.807, 2.05) is 6.07 Å². The molecular weight excluding hydrogens is 691 g/mol. The summed E-state index contributed by atoms with van der Waals surface area (Å²) < 4.78 is 13.7. The van der Waals surface area contributed by atoms with E-state index in [0.717, 1.165) is 61.0 Å². The molecule has 11 nitrogen and oxygen atoms in total. The molecule has 2 aromatic carbocycles. The van der Waals surface area contributed by atoms with Crippen LogP contribution in [-0.4, -0.2) is 70.0 Å². The first-order valence-electron chi connectivity index (χ1n) is 19.5. The number of imide groups is 1. The van der Waals surface area contributed by atoms with E-state index in [1.54, 1.807) is 31.2 Å². The van der Waals surface area contributed by atoms with E-state index >= 15 is 0 Å². The second kappa shape index (κ2) is 18.5. The Morgan fingerprint density at radius 2 is 1.63 bits per heavy atom. The van der Waals surface area contributed by atoms with Crippen LogP contribution in [0.2, 0.25) is 0 Å². The van der Waals surface area contributed by atoms with Crippen LogP contribution in [0.4, 0.5) is 10.1 Å². The molecule has 12 heteroatoms. The number of hydrogen-bond donors (Lipinski definition) is 2. The van der Waals surface area contributed by atoms with Gasteiger partial charge in [-0.3, -0.25) is 38.5 Å². The van der Waals surface area contributed by atoms with Gasteiger partial charge < -0.3 is 15.5 Å². The maximum atomic E-state index is 13.9. The maximum absolute atomic E-state index is 13.9. The highest BCUT2D eigenvalue weighted by Gasteiger charge is 2.55. The normalized spacial score (nSPS) is 18.3. The van der Waals surface area contributed by atoms with Crippen molar-refractivity contribution in [2.45, 2.75) is 128 Å². The number of anilines is 1. The van der Waals surface area contributed by atoms with E-state index < -0.39 is 41.5 Å². The van der Waals surface area contributed by atoms with Crippen molar-refractivity contribution in [1.82, 2.24) is 15.1 Å². The summed E-state index contributed by atoms with van der Waals surface area (Å²) in [5.74, 6) is -1.65. The number of amides is 5. The van der Waals surface area contributed by atoms with Crippen molar-refractivity contribution in [2.24, 2.45) is 5.92 Å². The highest BCUT2D eigenvalue weighted by Crippen LogP contribution is 2.47. The van der Waals surface area contributed by atoms with Crippen molar-refractivity contribution >= 4 is 46.8 Å². The summed E-state index contributed by atoms with van der Waals surface area (Å²) >= 11 is 0. The van der Waals surface area contributed by atoms with Gasteiger partial charge >= 0.3 is 0 Å². The Morgan fingerprint density at radius 3 is 2.31 bits per heavy atom. The molecule has 2 fully saturated rings. The fraction of sp³-hybridized carbons (Fsp3) is 0.548. The van der Waals surface area contributed by atoms with E-state index in [1.165, 1.54) is 30.4 Å². The number of rotatable bonds is 20. The Balaban J connectivity index is 1.10. The molecule has 0 unspecified atom stereocenters. The van der Waals surface area contributed by atoms with Crippen molar-refractivity contribution in [3.63, 3.8) is 0 Å². The van der Waals surface area contributed by atoms with Crippen molar-refractivity contribution < 1.29 is 38.0 Å². The minimum Gasteiger partial charge on any atom is -0.354 e. The van der Waals surface area contributed by atoms with Crippen molar-refractivity contribution in [3.8, 4) is 0 Å². The maximum Gasteiger partial charge on any atom is 0.243 e. The number of nitrogens with one attached hydrogen (secondary N) is 2. The van der Waals surface area contributed by atoms with E-state index in [9.17, 15) is 38.0 Å². The lowest BCUT2D eigenvalue weighted by atomic mass is 9.80. The van der Waals surface area contributed by atoms with Crippen LogP contribution >= 0.6 is 0 Å². The van der Waals surface area contributed by atoms with Crippen LogP contribution in [0.1, 0.15) is 120 Å². The molecule has 5 rings (SSSR count). The molecule has 3 aliphatic rings. The van der Waals surface area contributed by atoms with Crippen LogP contribution in [0.5, 0.6) is 0 Å². The highest BCUT2D eigenvalue weighted by atomic mass is 19.1. The van der Waals surface area contributed by atoms with E-state index in [4.69, 9.17) is 0 Å². The Kier molecular flexibility index (Phi) is 13.9. The predicted molar refractivity (Wildman–Crippen MR) is 200 cm³/mol. The van der Waals surface area contributed by atoms with Gasteiger partial charge in [-0.25, -0.2) is 4.39 Å². The minimum atomic E-state index is -1.07. The smallest absolute Gasteiger partial charge is 0.243 e. The van der Waals surface area contributed by atoms with Crippen molar-refractivity contribution in [2.75, 3.05) is 18.4 Å². The Bertz CT molecular complexity index is 1740. The summed E-state index contributed by atoms with van der Waals surface area (Å²) in [6.07, 6.45) is 9.89. The largest absolute Gasteiger partial charge is 0.354 e. The number of halogens is 1. The van der Waals surface area contributed by atoms with Gasteiger partial charge in [0, 0.05) is 69.8 Å². The second-order valence-electron chi connectivity index (χ2n) is 15.3. The number of likely N-dealkylation sites (tertiary alicyclic amines) is 1. The van der Waals surface area contributed by atoms with Crippen LogP contribution in [0.25, 0.3) is 0 Å². The molecule has 54 heavy (non-hydrogen) atoms. The number of aryl methyl sites for hydroxylation is 1. The average Bonchev–Trinajstić information content (AvgIpc) is 3.58. The summed E-state index contributed by atoms with van der Waals surface area (Å²) in [4.78, 5) is 92.4. The lowest BCUT2D eigenvalue weighted by molar-refractivity contribution is -0.147. The van der Waals surface area contributed by atoms with E-state index in [0.29, 0.717) is 48.6 Å². The number of carbonyl (C=O) groups excluding carboxylic acids is 7. The molecule has 5 amide bonds. The van der Waals surface area contributed by atoms with E-state index in [-0.39, 0.29) is 49.9 Å². The summed E-state index contributed by atoms with van der Waals surface area (Å²) in [7, 11) is 0. The number of hydrogen-bond acceptors (Lipinski definition) is 7. The van der Waals surface area contributed by atoms with Gasteiger partial charge in [0.2, 0.25) is 29.5 Å². The molecule has 0 radical (unpaired) electrons. The first-order valence-corrected chi connectivity index (χ1v) is 19.5. The molecular formula is C42H53FN4O7. The molecule has 0 bridgehead atoms. The second-order valence-corrected chi connectivity index (χ2v) is 15.3. The first-order chi connectivity index (χ1) is 25.9. The zero-order valence-electron chi connectivity index (χ0n) is 31.6. The van der Waals surface area contributed by atoms with Crippen molar-refractivity contribution in [3.05, 3.63) is 65.0 Å². The molecule has 1 spiro atoms. The molecule has 2 N–H and O–H groups in total. The van der Waals surface area contributed by atoms with Gasteiger partial charge in [0.05, 0.1) is 5.41 Å². The molecule has 1 heterocycles. The van der Waals surface area contributed by atoms with Crippen LogP contribution in [-0.2, 0) is 51.9 Å². The third kappa shape index (κ3) is 10.3. The monoisotopic (exact) mass is 744 g/mol. The third-order valence-electron chi connectivity index (χ3n) is 11.2. The molecule has 290 valence electrons. The van der Waals surface area contributed by atoms with Gasteiger partial charge in [-0.05, 0) is 86.4 Å². The quantitative estimate of drug-likeness (QED) is 0.130. The van der Waals surface area contributed by atoms with Crippen LogP contribution < -0.4 is 10.6 Å². The van der Waals surface area contributed by atoms with Gasteiger partial charge in [0.25, 0.3) is 0 Å². The fourth-order valence-corrected chi connectivity index (χ4v) is 7.82. The lowest BCUT2D eigenvalue weighted by Gasteiger charge is -2.31. The number of Topliss-reactive ketones (excluding diaryl/α,β-unsaturated/α-hetero) is 2. The Labute approximate surface area is 316 Å². The molecule has 0 aromatic heterocycles.